The molecule has 2 aromatic rings. The maximum absolute atomic E-state index is 13.7. The molecule has 5 nitrogen and oxygen atoms in total. The summed E-state index contributed by atoms with van der Waals surface area (Å²) in [4.78, 5) is 25.4. The molecule has 0 aromatic heterocycles. The predicted octanol–water partition coefficient (Wildman–Crippen LogP) is 3.71. The third-order valence-corrected chi connectivity index (χ3v) is 3.97. The highest BCUT2D eigenvalue weighted by Crippen LogP contribution is 2.24. The summed E-state index contributed by atoms with van der Waals surface area (Å²) in [6.45, 7) is 2.33. The van der Waals surface area contributed by atoms with Gasteiger partial charge in [-0.05, 0) is 24.6 Å². The Morgan fingerprint density at radius 3 is 2.62 bits per heavy atom. The molecule has 0 radical (unpaired) electrons. The summed E-state index contributed by atoms with van der Waals surface area (Å²) < 4.78 is 19.5. The zero-order valence-electron chi connectivity index (χ0n) is 14.4. The number of hydrogen-bond acceptors (Lipinski definition) is 3. The molecule has 1 saturated heterocycles. The second-order valence-corrected chi connectivity index (χ2v) is 5.86. The molecule has 1 aliphatic rings. The summed E-state index contributed by atoms with van der Waals surface area (Å²) in [7, 11) is 0. The van der Waals surface area contributed by atoms with E-state index in [4.69, 9.17) is 4.74 Å². The van der Waals surface area contributed by atoms with Gasteiger partial charge in [0, 0.05) is 17.7 Å². The number of nitrogens with one attached hydrogen (secondary N) is 1. The summed E-state index contributed by atoms with van der Waals surface area (Å²) >= 11 is 0. The van der Waals surface area contributed by atoms with Crippen molar-refractivity contribution in [2.75, 3.05) is 6.54 Å². The molecule has 0 bridgehead atoms. The summed E-state index contributed by atoms with van der Waals surface area (Å²) in [5.41, 5.74) is 1.27. The highest BCUT2D eigenvalue weighted by atomic mass is 19.1. The summed E-state index contributed by atoms with van der Waals surface area (Å²) in [6, 6.07) is 13.1. The number of imide groups is 1. The van der Waals surface area contributed by atoms with E-state index in [0.717, 1.165) is 0 Å². The summed E-state index contributed by atoms with van der Waals surface area (Å²) in [6.07, 6.45) is 2.27. The Kier molecular flexibility index (Phi) is 5.31. The van der Waals surface area contributed by atoms with Gasteiger partial charge in [0.1, 0.15) is 23.9 Å². The fourth-order valence-electron chi connectivity index (χ4n) is 2.66. The Balaban J connectivity index is 1.80. The van der Waals surface area contributed by atoms with Crippen LogP contribution in [0.5, 0.6) is 5.75 Å². The first-order chi connectivity index (χ1) is 12.6. The van der Waals surface area contributed by atoms with Gasteiger partial charge in [0.25, 0.3) is 5.91 Å². The molecular weight excluding hydrogens is 335 g/mol. The van der Waals surface area contributed by atoms with E-state index >= 15 is 0 Å². The molecule has 0 unspecified atom stereocenters. The highest BCUT2D eigenvalue weighted by molar-refractivity contribution is 6.14. The molecule has 1 N–H and O–H groups in total. The van der Waals surface area contributed by atoms with E-state index in [1.807, 2.05) is 6.92 Å². The Morgan fingerprint density at radius 1 is 1.12 bits per heavy atom. The van der Waals surface area contributed by atoms with Crippen molar-refractivity contribution in [2.45, 2.75) is 20.0 Å². The minimum Gasteiger partial charge on any atom is -0.488 e. The zero-order chi connectivity index (χ0) is 18.5. The van der Waals surface area contributed by atoms with Crippen LogP contribution in [0.4, 0.5) is 9.18 Å². The van der Waals surface area contributed by atoms with E-state index in [1.54, 1.807) is 48.5 Å². The average Bonchev–Trinajstić information content (AvgIpc) is 2.90. The molecule has 1 fully saturated rings. The van der Waals surface area contributed by atoms with Gasteiger partial charge < -0.3 is 10.1 Å². The molecule has 2 aromatic carbocycles. The topological polar surface area (TPSA) is 58.6 Å². The molecule has 3 rings (SSSR count). The lowest BCUT2D eigenvalue weighted by Gasteiger charge is -2.10. The van der Waals surface area contributed by atoms with Crippen LogP contribution in [0.1, 0.15) is 24.5 Å². The molecule has 134 valence electrons. The van der Waals surface area contributed by atoms with Gasteiger partial charge in [0.05, 0.1) is 0 Å². The Hall–Kier alpha value is -3.15. The van der Waals surface area contributed by atoms with Gasteiger partial charge in [-0.1, -0.05) is 43.3 Å². The number of para-hydroxylation sites is 1. The number of halogens is 1. The van der Waals surface area contributed by atoms with Crippen LogP contribution in [0.25, 0.3) is 6.08 Å². The molecule has 0 atom stereocenters. The first-order valence-electron chi connectivity index (χ1n) is 8.40. The number of urea groups is 1. The first kappa shape index (κ1) is 17.7. The largest absolute Gasteiger partial charge is 0.488 e. The van der Waals surface area contributed by atoms with E-state index < -0.39 is 6.03 Å². The third-order valence-electron chi connectivity index (χ3n) is 3.97. The number of amides is 3. The van der Waals surface area contributed by atoms with Crippen molar-refractivity contribution in [3.63, 3.8) is 0 Å². The van der Waals surface area contributed by atoms with Gasteiger partial charge in [-0.25, -0.2) is 9.18 Å². The number of carbonyl (C=O) groups is 2. The van der Waals surface area contributed by atoms with Crippen LogP contribution in [0.15, 0.2) is 54.2 Å². The second kappa shape index (κ2) is 7.82. The Morgan fingerprint density at radius 2 is 1.85 bits per heavy atom. The van der Waals surface area contributed by atoms with Crippen LogP contribution >= 0.6 is 0 Å². The lowest BCUT2D eigenvalue weighted by molar-refractivity contribution is -0.122. The highest BCUT2D eigenvalue weighted by Gasteiger charge is 2.32. The van der Waals surface area contributed by atoms with Crippen molar-refractivity contribution in [1.82, 2.24) is 10.2 Å². The molecule has 0 spiro atoms. The monoisotopic (exact) mass is 354 g/mol. The van der Waals surface area contributed by atoms with Gasteiger partial charge in [-0.15, -0.1) is 0 Å². The van der Waals surface area contributed by atoms with Gasteiger partial charge >= 0.3 is 6.03 Å². The number of rotatable bonds is 6. The molecule has 0 aliphatic carbocycles. The van der Waals surface area contributed by atoms with Crippen LogP contribution in [-0.2, 0) is 11.4 Å². The zero-order valence-corrected chi connectivity index (χ0v) is 14.4. The van der Waals surface area contributed by atoms with Crippen LogP contribution < -0.4 is 10.1 Å². The number of nitrogens with zero attached hydrogens (tertiary/aromatic N) is 1. The van der Waals surface area contributed by atoms with E-state index in [0.29, 0.717) is 29.8 Å². The maximum Gasteiger partial charge on any atom is 0.329 e. The number of benzene rings is 2. The molecule has 6 heteroatoms. The van der Waals surface area contributed by atoms with E-state index in [2.05, 4.69) is 5.32 Å². The molecule has 0 saturated carbocycles. The van der Waals surface area contributed by atoms with Gasteiger partial charge in [-0.3, -0.25) is 9.69 Å². The maximum atomic E-state index is 13.7. The van der Waals surface area contributed by atoms with E-state index in [-0.39, 0.29) is 24.0 Å². The standard InChI is InChI=1S/C20H19FN2O3/c1-2-11-23-19(24)17(22-20(23)25)12-14-7-4-6-10-18(14)26-13-15-8-3-5-9-16(15)21/h3-10,12H,2,11,13H2,1H3,(H,22,25)/b17-12+. The fraction of sp³-hybridized carbons (Fsp3) is 0.200. The van der Waals surface area contributed by atoms with Crippen molar-refractivity contribution < 1.29 is 18.7 Å². The van der Waals surface area contributed by atoms with Gasteiger partial charge in [0.15, 0.2) is 0 Å². The lowest BCUT2D eigenvalue weighted by Crippen LogP contribution is -2.31. The van der Waals surface area contributed by atoms with Crippen molar-refractivity contribution in [3.05, 3.63) is 71.2 Å². The van der Waals surface area contributed by atoms with Crippen molar-refractivity contribution in [2.24, 2.45) is 0 Å². The molecule has 26 heavy (non-hydrogen) atoms. The fourth-order valence-corrected chi connectivity index (χ4v) is 2.66. The molecule has 1 heterocycles. The number of hydrogen-bond donors (Lipinski definition) is 1. The van der Waals surface area contributed by atoms with Crippen LogP contribution in [0, 0.1) is 5.82 Å². The molecule has 1 aliphatic heterocycles. The summed E-state index contributed by atoms with van der Waals surface area (Å²) in [5, 5.41) is 2.58. The van der Waals surface area contributed by atoms with E-state index in [9.17, 15) is 14.0 Å². The smallest absolute Gasteiger partial charge is 0.329 e. The third kappa shape index (κ3) is 3.74. The van der Waals surface area contributed by atoms with Gasteiger partial charge in [-0.2, -0.15) is 0 Å². The normalized spacial score (nSPS) is 15.5. The van der Waals surface area contributed by atoms with E-state index in [1.165, 1.54) is 11.0 Å². The molecular formula is C20H19FN2O3. The predicted molar refractivity (Wildman–Crippen MR) is 95.7 cm³/mol. The quantitative estimate of drug-likeness (QED) is 0.635. The number of carbonyl (C=O) groups excluding carboxylic acids is 2. The Labute approximate surface area is 151 Å². The SMILES string of the molecule is CCCN1C(=O)N/C(=C/c2ccccc2OCc2ccccc2F)C1=O. The minimum absolute atomic E-state index is 0.0646. The van der Waals surface area contributed by atoms with Crippen molar-refractivity contribution in [3.8, 4) is 5.75 Å². The molecule has 3 amide bonds. The van der Waals surface area contributed by atoms with Crippen molar-refractivity contribution in [1.29, 1.82) is 0 Å². The minimum atomic E-state index is -0.423. The van der Waals surface area contributed by atoms with Crippen LogP contribution in [0.3, 0.4) is 0 Å². The van der Waals surface area contributed by atoms with Crippen molar-refractivity contribution >= 4 is 18.0 Å². The first-order valence-corrected chi connectivity index (χ1v) is 8.40. The average molecular weight is 354 g/mol. The second-order valence-electron chi connectivity index (χ2n) is 5.86. The van der Waals surface area contributed by atoms with Gasteiger partial charge in [0.2, 0.25) is 0 Å². The van der Waals surface area contributed by atoms with Crippen LogP contribution in [0.2, 0.25) is 0 Å². The summed E-state index contributed by atoms with van der Waals surface area (Å²) in [5.74, 6) is -0.197. The Bertz CT molecular complexity index is 864. The number of ether oxygens (including phenoxy) is 1. The van der Waals surface area contributed by atoms with Crippen LogP contribution in [-0.4, -0.2) is 23.4 Å². The lowest BCUT2D eigenvalue weighted by atomic mass is 10.1.